The molecule has 1 aromatic rings. The van der Waals surface area contributed by atoms with Crippen LogP contribution in [0.15, 0.2) is 30.3 Å². The molecule has 2 rings (SSSR count). The zero-order chi connectivity index (χ0) is 11.4. The van der Waals surface area contributed by atoms with Crippen LogP contribution in [-0.4, -0.2) is 18.1 Å². The van der Waals surface area contributed by atoms with Crippen LogP contribution in [0, 0.1) is 0 Å². The zero-order valence-corrected chi connectivity index (χ0v) is 9.53. The van der Waals surface area contributed by atoms with Gasteiger partial charge < -0.3 is 10.1 Å². The van der Waals surface area contributed by atoms with E-state index in [-0.39, 0.29) is 5.91 Å². The largest absolute Gasteiger partial charge is 0.365 e. The molecule has 3 heteroatoms. The van der Waals surface area contributed by atoms with Gasteiger partial charge in [0.05, 0.1) is 0 Å². The van der Waals surface area contributed by atoms with Gasteiger partial charge in [0, 0.05) is 12.3 Å². The first-order chi connectivity index (χ1) is 7.71. The smallest absolute Gasteiger partial charge is 0.256 e. The molecule has 86 valence electrons. The molecule has 1 aromatic carbocycles. The van der Waals surface area contributed by atoms with Crippen molar-refractivity contribution in [1.82, 2.24) is 0 Å². The Hall–Kier alpha value is -1.35. The van der Waals surface area contributed by atoms with Crippen LogP contribution < -0.4 is 5.32 Å². The average molecular weight is 219 g/mol. The summed E-state index contributed by atoms with van der Waals surface area (Å²) < 4.78 is 5.59. The number of benzene rings is 1. The Kier molecular flexibility index (Phi) is 3.25. The van der Waals surface area contributed by atoms with E-state index in [4.69, 9.17) is 4.74 Å². The molecule has 0 aliphatic carbocycles. The summed E-state index contributed by atoms with van der Waals surface area (Å²) in [5, 5.41) is 2.89. The summed E-state index contributed by atoms with van der Waals surface area (Å²) in [6.07, 6.45) is 2.90. The summed E-state index contributed by atoms with van der Waals surface area (Å²) >= 11 is 0. The first kappa shape index (κ1) is 11.1. The van der Waals surface area contributed by atoms with Crippen molar-refractivity contribution in [3.8, 4) is 0 Å². The topological polar surface area (TPSA) is 38.3 Å². The number of para-hydroxylation sites is 1. The number of rotatable bonds is 2. The van der Waals surface area contributed by atoms with Crippen LogP contribution >= 0.6 is 0 Å². The predicted molar refractivity (Wildman–Crippen MR) is 63.3 cm³/mol. The fourth-order valence-corrected chi connectivity index (χ4v) is 1.90. The Balaban J connectivity index is 2.02. The normalized spacial score (nSPS) is 25.1. The van der Waals surface area contributed by atoms with Gasteiger partial charge in [-0.1, -0.05) is 18.2 Å². The number of carbonyl (C=O) groups is 1. The third-order valence-corrected chi connectivity index (χ3v) is 2.98. The van der Waals surface area contributed by atoms with Crippen LogP contribution in [0.5, 0.6) is 0 Å². The Morgan fingerprint density at radius 1 is 1.31 bits per heavy atom. The lowest BCUT2D eigenvalue weighted by molar-refractivity contribution is -0.144. The molecule has 3 nitrogen and oxygen atoms in total. The molecule has 1 aliphatic rings. The molecule has 0 bridgehead atoms. The highest BCUT2D eigenvalue weighted by Crippen LogP contribution is 2.25. The van der Waals surface area contributed by atoms with Gasteiger partial charge in [0.2, 0.25) is 0 Å². The minimum Gasteiger partial charge on any atom is -0.365 e. The molecule has 1 N–H and O–H groups in total. The number of hydrogen-bond donors (Lipinski definition) is 1. The van der Waals surface area contributed by atoms with Gasteiger partial charge in [0.25, 0.3) is 5.91 Å². The van der Waals surface area contributed by atoms with Crippen LogP contribution in [0.2, 0.25) is 0 Å². The van der Waals surface area contributed by atoms with Crippen molar-refractivity contribution in [2.24, 2.45) is 0 Å². The van der Waals surface area contributed by atoms with E-state index >= 15 is 0 Å². The first-order valence-electron chi connectivity index (χ1n) is 5.71. The third-order valence-electron chi connectivity index (χ3n) is 2.98. The van der Waals surface area contributed by atoms with Crippen molar-refractivity contribution >= 4 is 11.6 Å². The van der Waals surface area contributed by atoms with Gasteiger partial charge in [0.1, 0.15) is 5.60 Å². The lowest BCUT2D eigenvalue weighted by Gasteiger charge is -2.32. The Morgan fingerprint density at radius 2 is 2.06 bits per heavy atom. The van der Waals surface area contributed by atoms with Crippen molar-refractivity contribution in [2.45, 2.75) is 31.8 Å². The molecule has 0 radical (unpaired) electrons. The number of carbonyl (C=O) groups excluding carboxylic acids is 1. The lowest BCUT2D eigenvalue weighted by Crippen LogP contribution is -2.44. The number of anilines is 1. The number of hydrogen-bond acceptors (Lipinski definition) is 2. The van der Waals surface area contributed by atoms with Crippen molar-refractivity contribution < 1.29 is 9.53 Å². The standard InChI is InChI=1S/C13H17NO2/c1-13(9-5-6-10-16-13)12(15)14-11-7-3-2-4-8-11/h2-4,7-8H,5-6,9-10H2,1H3,(H,14,15). The van der Waals surface area contributed by atoms with E-state index in [1.807, 2.05) is 37.3 Å². The van der Waals surface area contributed by atoms with E-state index < -0.39 is 5.60 Å². The van der Waals surface area contributed by atoms with Gasteiger partial charge in [-0.25, -0.2) is 0 Å². The van der Waals surface area contributed by atoms with Gasteiger partial charge in [-0.05, 0) is 38.3 Å². The van der Waals surface area contributed by atoms with Gasteiger partial charge in [0.15, 0.2) is 0 Å². The SMILES string of the molecule is CC1(C(=O)Nc2ccccc2)CCCCO1. The number of ether oxygens (including phenoxy) is 1. The Bertz CT molecular complexity index is 355. The summed E-state index contributed by atoms with van der Waals surface area (Å²) in [4.78, 5) is 12.1. The fraction of sp³-hybridized carbons (Fsp3) is 0.462. The van der Waals surface area contributed by atoms with Crippen LogP contribution in [0.3, 0.4) is 0 Å². The molecule has 0 saturated carbocycles. The Morgan fingerprint density at radius 3 is 2.69 bits per heavy atom. The van der Waals surface area contributed by atoms with Gasteiger partial charge in [-0.3, -0.25) is 4.79 Å². The quantitative estimate of drug-likeness (QED) is 0.830. The van der Waals surface area contributed by atoms with Gasteiger partial charge in [-0.15, -0.1) is 0 Å². The lowest BCUT2D eigenvalue weighted by atomic mass is 9.95. The summed E-state index contributed by atoms with van der Waals surface area (Å²) in [6, 6.07) is 9.49. The highest BCUT2D eigenvalue weighted by molar-refractivity contribution is 5.97. The molecular weight excluding hydrogens is 202 g/mol. The maximum Gasteiger partial charge on any atom is 0.256 e. The molecule has 1 heterocycles. The van der Waals surface area contributed by atoms with Gasteiger partial charge in [-0.2, -0.15) is 0 Å². The van der Waals surface area contributed by atoms with Crippen molar-refractivity contribution in [3.63, 3.8) is 0 Å². The number of nitrogens with one attached hydrogen (secondary N) is 1. The molecule has 1 unspecified atom stereocenters. The van der Waals surface area contributed by atoms with E-state index in [1.165, 1.54) is 0 Å². The Labute approximate surface area is 95.8 Å². The molecule has 1 aliphatic heterocycles. The minimum absolute atomic E-state index is 0.0431. The highest BCUT2D eigenvalue weighted by atomic mass is 16.5. The van der Waals surface area contributed by atoms with E-state index in [0.29, 0.717) is 6.61 Å². The first-order valence-corrected chi connectivity index (χ1v) is 5.71. The van der Waals surface area contributed by atoms with Crippen LogP contribution in [-0.2, 0) is 9.53 Å². The molecule has 16 heavy (non-hydrogen) atoms. The van der Waals surface area contributed by atoms with E-state index in [1.54, 1.807) is 0 Å². The zero-order valence-electron chi connectivity index (χ0n) is 9.53. The van der Waals surface area contributed by atoms with Gasteiger partial charge >= 0.3 is 0 Å². The second-order valence-electron chi connectivity index (χ2n) is 4.36. The van der Waals surface area contributed by atoms with Crippen molar-refractivity contribution in [3.05, 3.63) is 30.3 Å². The second-order valence-corrected chi connectivity index (χ2v) is 4.36. The maximum atomic E-state index is 12.1. The van der Waals surface area contributed by atoms with E-state index in [2.05, 4.69) is 5.32 Å². The summed E-state index contributed by atoms with van der Waals surface area (Å²) in [6.45, 7) is 2.54. The monoisotopic (exact) mass is 219 g/mol. The van der Waals surface area contributed by atoms with Crippen LogP contribution in [0.4, 0.5) is 5.69 Å². The summed E-state index contributed by atoms with van der Waals surface area (Å²) in [5.41, 5.74) is 0.163. The molecule has 1 fully saturated rings. The average Bonchev–Trinajstić information content (AvgIpc) is 2.31. The number of amides is 1. The third kappa shape index (κ3) is 2.42. The van der Waals surface area contributed by atoms with E-state index in [9.17, 15) is 4.79 Å². The second kappa shape index (κ2) is 4.66. The molecule has 0 spiro atoms. The van der Waals surface area contributed by atoms with Crippen LogP contribution in [0.25, 0.3) is 0 Å². The highest BCUT2D eigenvalue weighted by Gasteiger charge is 2.35. The van der Waals surface area contributed by atoms with E-state index in [0.717, 1.165) is 24.9 Å². The summed E-state index contributed by atoms with van der Waals surface area (Å²) in [5.74, 6) is -0.0431. The summed E-state index contributed by atoms with van der Waals surface area (Å²) in [7, 11) is 0. The van der Waals surface area contributed by atoms with Crippen molar-refractivity contribution in [1.29, 1.82) is 0 Å². The predicted octanol–water partition coefficient (Wildman–Crippen LogP) is 2.58. The molecule has 0 aromatic heterocycles. The minimum atomic E-state index is -0.659. The molecule has 1 saturated heterocycles. The molecule has 1 amide bonds. The fourth-order valence-electron chi connectivity index (χ4n) is 1.90. The van der Waals surface area contributed by atoms with Crippen molar-refractivity contribution in [2.75, 3.05) is 11.9 Å². The van der Waals surface area contributed by atoms with Crippen LogP contribution in [0.1, 0.15) is 26.2 Å². The molecular formula is C13H17NO2. The maximum absolute atomic E-state index is 12.1. The molecule has 1 atom stereocenters.